The van der Waals surface area contributed by atoms with Crippen molar-refractivity contribution in [3.63, 3.8) is 0 Å². The van der Waals surface area contributed by atoms with Crippen LogP contribution in [0.3, 0.4) is 0 Å². The molecule has 0 spiro atoms. The summed E-state index contributed by atoms with van der Waals surface area (Å²) in [6.07, 6.45) is 9.21. The molecule has 0 aromatic heterocycles. The highest BCUT2D eigenvalue weighted by atomic mass is 16.2. The van der Waals surface area contributed by atoms with Gasteiger partial charge in [0.2, 0.25) is 11.8 Å². The normalized spacial score (nSPS) is 22.7. The molecule has 29 heavy (non-hydrogen) atoms. The lowest BCUT2D eigenvalue weighted by Crippen LogP contribution is -2.57. The molecule has 2 amide bonds. The minimum Gasteiger partial charge on any atom is -0.340 e. The van der Waals surface area contributed by atoms with Gasteiger partial charge in [0.05, 0.1) is 6.04 Å². The summed E-state index contributed by atoms with van der Waals surface area (Å²) in [5.41, 5.74) is 2.07. The number of rotatable bonds is 5. The summed E-state index contributed by atoms with van der Waals surface area (Å²) in [6.45, 7) is 5.19. The van der Waals surface area contributed by atoms with Crippen molar-refractivity contribution >= 4 is 17.5 Å². The number of hydrogen-bond donors (Lipinski definition) is 1. The molecule has 0 bridgehead atoms. The molecule has 1 aliphatic heterocycles. The molecule has 1 aromatic carbocycles. The van der Waals surface area contributed by atoms with Gasteiger partial charge in [-0.15, -0.1) is 0 Å². The van der Waals surface area contributed by atoms with Crippen LogP contribution in [0, 0.1) is 18.8 Å². The van der Waals surface area contributed by atoms with Crippen LogP contribution in [0.25, 0.3) is 0 Å². The Morgan fingerprint density at radius 3 is 2.10 bits per heavy atom. The molecule has 1 unspecified atom stereocenters. The molecule has 1 atom stereocenters. The fraction of sp³-hybridized carbons (Fsp3) is 0.667. The third-order valence-corrected chi connectivity index (χ3v) is 7.16. The molecule has 1 heterocycles. The Labute approximate surface area is 174 Å². The predicted molar refractivity (Wildman–Crippen MR) is 116 cm³/mol. The van der Waals surface area contributed by atoms with E-state index >= 15 is 0 Å². The van der Waals surface area contributed by atoms with E-state index in [0.717, 1.165) is 57.5 Å². The van der Waals surface area contributed by atoms with Gasteiger partial charge in [-0.1, -0.05) is 43.4 Å². The highest BCUT2D eigenvalue weighted by molar-refractivity contribution is 5.95. The van der Waals surface area contributed by atoms with E-state index < -0.39 is 0 Å². The number of carbonyl (C=O) groups is 2. The number of anilines is 1. The topological polar surface area (TPSA) is 52.7 Å². The maximum atomic E-state index is 13.3. The monoisotopic (exact) mass is 397 g/mol. The minimum atomic E-state index is -0.0810. The first kappa shape index (κ1) is 20.4. The molecule has 1 aromatic rings. The fourth-order valence-electron chi connectivity index (χ4n) is 5.46. The van der Waals surface area contributed by atoms with Crippen LogP contribution < -0.4 is 5.32 Å². The van der Waals surface area contributed by atoms with E-state index in [2.05, 4.69) is 22.0 Å². The summed E-state index contributed by atoms with van der Waals surface area (Å²) >= 11 is 0. The van der Waals surface area contributed by atoms with Crippen molar-refractivity contribution < 1.29 is 9.59 Å². The van der Waals surface area contributed by atoms with Crippen LogP contribution in [0.15, 0.2) is 24.3 Å². The molecule has 0 radical (unpaired) electrons. The van der Waals surface area contributed by atoms with E-state index in [1.165, 1.54) is 31.2 Å². The quantitative estimate of drug-likeness (QED) is 0.822. The average Bonchev–Trinajstić information content (AvgIpc) is 3.44. The first-order chi connectivity index (χ1) is 14.1. The van der Waals surface area contributed by atoms with Gasteiger partial charge < -0.3 is 10.2 Å². The van der Waals surface area contributed by atoms with Gasteiger partial charge in [-0.2, -0.15) is 0 Å². The van der Waals surface area contributed by atoms with Crippen molar-refractivity contribution in [1.82, 2.24) is 9.80 Å². The Hall–Kier alpha value is -1.88. The summed E-state index contributed by atoms with van der Waals surface area (Å²) in [7, 11) is 0. The summed E-state index contributed by atoms with van der Waals surface area (Å²) in [5, 5.41) is 3.16. The van der Waals surface area contributed by atoms with Crippen LogP contribution in [0.2, 0.25) is 0 Å². The molecule has 2 aliphatic carbocycles. The van der Waals surface area contributed by atoms with Gasteiger partial charge in [0.1, 0.15) is 0 Å². The van der Waals surface area contributed by atoms with Gasteiger partial charge >= 0.3 is 0 Å². The Kier molecular flexibility index (Phi) is 6.53. The van der Waals surface area contributed by atoms with Crippen LogP contribution >= 0.6 is 0 Å². The fourth-order valence-corrected chi connectivity index (χ4v) is 5.46. The number of benzene rings is 1. The van der Waals surface area contributed by atoms with Gasteiger partial charge in [-0.3, -0.25) is 14.5 Å². The van der Waals surface area contributed by atoms with Crippen molar-refractivity contribution in [3.8, 4) is 0 Å². The number of piperazine rings is 1. The smallest absolute Gasteiger partial charge is 0.242 e. The Morgan fingerprint density at radius 1 is 0.897 bits per heavy atom. The molecular weight excluding hydrogens is 362 g/mol. The van der Waals surface area contributed by atoms with Crippen molar-refractivity contribution in [2.75, 3.05) is 31.5 Å². The second kappa shape index (κ2) is 9.29. The maximum absolute atomic E-state index is 13.3. The lowest BCUT2D eigenvalue weighted by Gasteiger charge is -2.41. The average molecular weight is 398 g/mol. The lowest BCUT2D eigenvalue weighted by molar-refractivity contribution is -0.138. The van der Waals surface area contributed by atoms with Gasteiger partial charge in [0.15, 0.2) is 0 Å². The minimum absolute atomic E-state index is 0.0810. The van der Waals surface area contributed by atoms with Crippen LogP contribution in [-0.4, -0.2) is 53.8 Å². The highest BCUT2D eigenvalue weighted by Gasteiger charge is 2.38. The second-order valence-corrected chi connectivity index (χ2v) is 9.19. The molecule has 158 valence electrons. The number of hydrogen-bond acceptors (Lipinski definition) is 3. The third kappa shape index (κ3) is 4.82. The van der Waals surface area contributed by atoms with Crippen molar-refractivity contribution in [2.24, 2.45) is 11.8 Å². The number of amides is 2. The largest absolute Gasteiger partial charge is 0.340 e. The Bertz CT molecular complexity index is 697. The van der Waals surface area contributed by atoms with Crippen molar-refractivity contribution in [1.29, 1.82) is 0 Å². The number of aryl methyl sites for hydroxylation is 1. The molecule has 1 saturated heterocycles. The van der Waals surface area contributed by atoms with Crippen molar-refractivity contribution in [3.05, 3.63) is 29.8 Å². The van der Waals surface area contributed by atoms with Crippen molar-refractivity contribution in [2.45, 2.75) is 64.3 Å². The summed E-state index contributed by atoms with van der Waals surface area (Å²) in [4.78, 5) is 30.4. The second-order valence-electron chi connectivity index (χ2n) is 9.19. The molecular formula is C24H35N3O2. The maximum Gasteiger partial charge on any atom is 0.242 e. The molecule has 1 N–H and O–H groups in total. The zero-order chi connectivity index (χ0) is 20.2. The van der Waals surface area contributed by atoms with E-state index in [-0.39, 0.29) is 17.9 Å². The predicted octanol–water partition coefficient (Wildman–Crippen LogP) is 3.83. The van der Waals surface area contributed by atoms with E-state index in [1.54, 1.807) is 0 Å². The number of nitrogens with zero attached hydrogens (tertiary/aromatic N) is 2. The zero-order valence-electron chi connectivity index (χ0n) is 17.7. The molecule has 3 aliphatic rings. The van der Waals surface area contributed by atoms with Gasteiger partial charge in [-0.25, -0.2) is 0 Å². The standard InChI is InChI=1S/C24H35N3O2/c1-18-10-12-21(13-11-18)25-23(28)22(19-6-2-3-7-19)26-14-16-27(17-15-26)24(29)20-8-4-5-9-20/h10-13,19-20,22H,2-9,14-17H2,1H3,(H,25,28). The lowest BCUT2D eigenvalue weighted by atomic mass is 9.94. The summed E-state index contributed by atoms with van der Waals surface area (Å²) in [5.74, 6) is 1.15. The molecule has 4 rings (SSSR count). The zero-order valence-corrected chi connectivity index (χ0v) is 17.7. The molecule has 3 fully saturated rings. The van der Waals surface area contributed by atoms with E-state index in [9.17, 15) is 9.59 Å². The van der Waals surface area contributed by atoms with Gasteiger partial charge in [-0.05, 0) is 50.7 Å². The van der Waals surface area contributed by atoms with E-state index in [1.807, 2.05) is 24.3 Å². The van der Waals surface area contributed by atoms with Crippen LogP contribution in [0.1, 0.15) is 56.9 Å². The molecule has 5 nitrogen and oxygen atoms in total. The summed E-state index contributed by atoms with van der Waals surface area (Å²) in [6, 6.07) is 7.96. The molecule has 2 saturated carbocycles. The van der Waals surface area contributed by atoms with E-state index in [0.29, 0.717) is 11.8 Å². The first-order valence-corrected chi connectivity index (χ1v) is 11.5. The third-order valence-electron chi connectivity index (χ3n) is 7.16. The highest BCUT2D eigenvalue weighted by Crippen LogP contribution is 2.32. The van der Waals surface area contributed by atoms with E-state index in [4.69, 9.17) is 0 Å². The SMILES string of the molecule is Cc1ccc(NC(=O)C(C2CCCC2)N2CCN(C(=O)C3CCCC3)CC2)cc1. The Balaban J connectivity index is 1.40. The Morgan fingerprint density at radius 2 is 1.48 bits per heavy atom. The van der Waals surface area contributed by atoms with Crippen LogP contribution in [0.5, 0.6) is 0 Å². The number of nitrogens with one attached hydrogen (secondary N) is 1. The van der Waals surface area contributed by atoms with Crippen LogP contribution in [-0.2, 0) is 9.59 Å². The first-order valence-electron chi connectivity index (χ1n) is 11.5. The van der Waals surface area contributed by atoms with Gasteiger partial charge in [0, 0.05) is 37.8 Å². The summed E-state index contributed by atoms with van der Waals surface area (Å²) < 4.78 is 0. The van der Waals surface area contributed by atoms with Crippen LogP contribution in [0.4, 0.5) is 5.69 Å². The van der Waals surface area contributed by atoms with Gasteiger partial charge in [0.25, 0.3) is 0 Å². The number of carbonyl (C=O) groups excluding carboxylic acids is 2. The molecule has 5 heteroatoms.